The van der Waals surface area contributed by atoms with Crippen LogP contribution in [-0.4, -0.2) is 36.6 Å². The standard InChI is InChI=1S/C31H28N8O/c1-38-27-14-8-6-12-25(27)34-30(38)36-32-19-23-17-22(16-21-10-4-3-5-11-21)18-24(29(23)40)20-33-37-31-35-26-13-7-9-15-28(26)39(31)2/h3-15,17-20,40H,16H2,1-2H3,(H,34,36)(H,35,37)/b32-19+,33-20?. The van der Waals surface area contributed by atoms with Gasteiger partial charge in [0.1, 0.15) is 5.75 Å². The van der Waals surface area contributed by atoms with Gasteiger partial charge in [-0.05, 0) is 53.9 Å². The maximum atomic E-state index is 11.1. The van der Waals surface area contributed by atoms with E-state index >= 15 is 0 Å². The van der Waals surface area contributed by atoms with Crippen molar-refractivity contribution in [1.29, 1.82) is 0 Å². The van der Waals surface area contributed by atoms with E-state index in [0.29, 0.717) is 29.4 Å². The molecule has 0 aliphatic carbocycles. The Kier molecular flexibility index (Phi) is 6.68. The topological polar surface area (TPSA) is 105 Å². The largest absolute Gasteiger partial charge is 0.507 e. The Bertz CT molecular complexity index is 1750. The molecule has 0 fully saturated rings. The van der Waals surface area contributed by atoms with Gasteiger partial charge in [-0.2, -0.15) is 10.2 Å². The fourth-order valence-electron chi connectivity index (χ4n) is 4.69. The molecule has 3 N–H and O–H groups in total. The van der Waals surface area contributed by atoms with Crippen LogP contribution in [0.3, 0.4) is 0 Å². The molecule has 0 radical (unpaired) electrons. The molecule has 0 atom stereocenters. The summed E-state index contributed by atoms with van der Waals surface area (Å²) in [5.74, 6) is 1.28. The zero-order chi connectivity index (χ0) is 27.5. The van der Waals surface area contributed by atoms with Crippen LogP contribution in [0.25, 0.3) is 22.1 Å². The maximum absolute atomic E-state index is 11.1. The first-order valence-electron chi connectivity index (χ1n) is 12.9. The minimum absolute atomic E-state index is 0.0721. The summed E-state index contributed by atoms with van der Waals surface area (Å²) in [5, 5.41) is 19.9. The molecule has 0 saturated carbocycles. The first-order chi connectivity index (χ1) is 19.6. The third-order valence-corrected chi connectivity index (χ3v) is 6.79. The average Bonchev–Trinajstić information content (AvgIpc) is 3.47. The molecule has 6 rings (SSSR count). The summed E-state index contributed by atoms with van der Waals surface area (Å²) in [5.41, 5.74) is 13.1. The van der Waals surface area contributed by atoms with E-state index in [9.17, 15) is 5.11 Å². The number of imidazole rings is 2. The molecule has 2 heterocycles. The number of para-hydroxylation sites is 4. The highest BCUT2D eigenvalue weighted by Gasteiger charge is 2.11. The van der Waals surface area contributed by atoms with Crippen molar-refractivity contribution < 1.29 is 5.11 Å². The molecule has 0 spiro atoms. The van der Waals surface area contributed by atoms with Crippen molar-refractivity contribution in [1.82, 2.24) is 19.1 Å². The number of anilines is 2. The summed E-state index contributed by atoms with van der Waals surface area (Å²) in [4.78, 5) is 9.17. The van der Waals surface area contributed by atoms with E-state index in [4.69, 9.17) is 0 Å². The Balaban J connectivity index is 1.29. The number of nitrogens with one attached hydrogen (secondary N) is 2. The molecule has 0 aliphatic rings. The summed E-state index contributed by atoms with van der Waals surface area (Å²) < 4.78 is 3.87. The van der Waals surface area contributed by atoms with E-state index < -0.39 is 0 Å². The summed E-state index contributed by atoms with van der Waals surface area (Å²) in [6.45, 7) is 0. The number of benzene rings is 4. The third-order valence-electron chi connectivity index (χ3n) is 6.79. The van der Waals surface area contributed by atoms with Gasteiger partial charge in [-0.15, -0.1) is 0 Å². The van der Waals surface area contributed by atoms with Gasteiger partial charge < -0.3 is 14.2 Å². The molecule has 198 valence electrons. The van der Waals surface area contributed by atoms with Gasteiger partial charge in [0.25, 0.3) is 0 Å². The number of hydrogen-bond acceptors (Lipinski definition) is 7. The second kappa shape index (κ2) is 10.7. The number of rotatable bonds is 8. The predicted molar refractivity (Wildman–Crippen MR) is 161 cm³/mol. The van der Waals surface area contributed by atoms with E-state index in [1.165, 1.54) is 0 Å². The molecule has 9 nitrogen and oxygen atoms in total. The summed E-state index contributed by atoms with van der Waals surface area (Å²) in [6.07, 6.45) is 3.89. The summed E-state index contributed by atoms with van der Waals surface area (Å²) >= 11 is 0. The van der Waals surface area contributed by atoms with Crippen molar-refractivity contribution in [3.05, 3.63) is 113 Å². The van der Waals surface area contributed by atoms with Crippen LogP contribution in [0.15, 0.2) is 101 Å². The number of fused-ring (bicyclic) bond motifs is 2. The van der Waals surface area contributed by atoms with Gasteiger partial charge in [0.15, 0.2) is 0 Å². The van der Waals surface area contributed by atoms with Crippen LogP contribution in [0.4, 0.5) is 11.9 Å². The second-order valence-corrected chi connectivity index (χ2v) is 9.49. The lowest BCUT2D eigenvalue weighted by molar-refractivity contribution is 0.473. The number of phenolic OH excluding ortho intramolecular Hbond substituents is 1. The van der Waals surface area contributed by atoms with Crippen molar-refractivity contribution in [3.8, 4) is 5.75 Å². The van der Waals surface area contributed by atoms with Crippen LogP contribution in [0.2, 0.25) is 0 Å². The highest BCUT2D eigenvalue weighted by molar-refractivity contribution is 5.93. The lowest BCUT2D eigenvalue weighted by Gasteiger charge is -2.09. The van der Waals surface area contributed by atoms with Crippen molar-refractivity contribution in [2.75, 3.05) is 10.9 Å². The highest BCUT2D eigenvalue weighted by Crippen LogP contribution is 2.25. The average molecular weight is 529 g/mol. The smallest absolute Gasteiger partial charge is 0.224 e. The molecular formula is C31H28N8O. The lowest BCUT2D eigenvalue weighted by atomic mass is 9.99. The maximum Gasteiger partial charge on any atom is 0.224 e. The molecule has 2 aromatic heterocycles. The highest BCUT2D eigenvalue weighted by atomic mass is 16.3. The SMILES string of the molecule is Cn1c(NN=Cc2cc(Cc3ccccc3)cc(/C=N/Nc3nc4ccccc4n3C)c2O)nc2ccccc21. The van der Waals surface area contributed by atoms with Crippen LogP contribution in [0.1, 0.15) is 22.3 Å². The second-order valence-electron chi connectivity index (χ2n) is 9.49. The third kappa shape index (κ3) is 5.00. The van der Waals surface area contributed by atoms with Crippen LogP contribution in [-0.2, 0) is 20.5 Å². The Labute approximate surface area is 231 Å². The zero-order valence-corrected chi connectivity index (χ0v) is 22.2. The van der Waals surface area contributed by atoms with E-state index in [-0.39, 0.29) is 5.75 Å². The Morgan fingerprint density at radius 3 is 1.65 bits per heavy atom. The summed E-state index contributed by atoms with van der Waals surface area (Å²) in [7, 11) is 3.86. The molecule has 0 bridgehead atoms. The number of aromatic nitrogens is 4. The normalized spacial score (nSPS) is 11.8. The van der Waals surface area contributed by atoms with Gasteiger partial charge in [0, 0.05) is 25.2 Å². The van der Waals surface area contributed by atoms with Crippen LogP contribution in [0, 0.1) is 0 Å². The monoisotopic (exact) mass is 528 g/mol. The number of phenols is 1. The molecule has 0 saturated heterocycles. The van der Waals surface area contributed by atoms with Crippen molar-refractivity contribution in [2.24, 2.45) is 24.3 Å². The lowest BCUT2D eigenvalue weighted by Crippen LogP contribution is -2.01. The van der Waals surface area contributed by atoms with Crippen molar-refractivity contribution in [3.63, 3.8) is 0 Å². The van der Waals surface area contributed by atoms with Gasteiger partial charge in [0.2, 0.25) is 11.9 Å². The molecule has 0 amide bonds. The number of nitrogens with zero attached hydrogens (tertiary/aromatic N) is 6. The zero-order valence-electron chi connectivity index (χ0n) is 22.2. The van der Waals surface area contributed by atoms with Crippen molar-refractivity contribution >= 4 is 46.4 Å². The summed E-state index contributed by atoms with van der Waals surface area (Å²) in [6, 6.07) is 29.8. The molecule has 4 aromatic carbocycles. The number of aryl methyl sites for hydroxylation is 2. The van der Waals surface area contributed by atoms with Gasteiger partial charge in [0.05, 0.1) is 34.5 Å². The molecule has 40 heavy (non-hydrogen) atoms. The van der Waals surface area contributed by atoms with E-state index in [1.807, 2.05) is 102 Å². The predicted octanol–water partition coefficient (Wildman–Crippen LogP) is 5.65. The van der Waals surface area contributed by atoms with Gasteiger partial charge >= 0.3 is 0 Å². The fraction of sp³-hybridized carbons (Fsp3) is 0.0968. The van der Waals surface area contributed by atoms with E-state index in [0.717, 1.165) is 33.2 Å². The van der Waals surface area contributed by atoms with Gasteiger partial charge in [-0.25, -0.2) is 20.8 Å². The van der Waals surface area contributed by atoms with Crippen LogP contribution in [0.5, 0.6) is 5.75 Å². The van der Waals surface area contributed by atoms with Crippen LogP contribution >= 0.6 is 0 Å². The first-order valence-corrected chi connectivity index (χ1v) is 12.9. The van der Waals surface area contributed by atoms with Gasteiger partial charge in [-0.3, -0.25) is 0 Å². The minimum Gasteiger partial charge on any atom is -0.507 e. The molecule has 0 unspecified atom stereocenters. The Hall–Kier alpha value is -5.44. The van der Waals surface area contributed by atoms with E-state index in [2.05, 4.69) is 43.2 Å². The molecular weight excluding hydrogens is 500 g/mol. The van der Waals surface area contributed by atoms with Crippen LogP contribution < -0.4 is 10.9 Å². The Morgan fingerprint density at radius 1 is 0.675 bits per heavy atom. The fourth-order valence-corrected chi connectivity index (χ4v) is 4.69. The van der Waals surface area contributed by atoms with E-state index in [1.54, 1.807) is 12.4 Å². The number of hydrogen-bond donors (Lipinski definition) is 3. The first kappa shape index (κ1) is 24.9. The van der Waals surface area contributed by atoms with Crippen molar-refractivity contribution in [2.45, 2.75) is 6.42 Å². The number of aromatic hydroxyl groups is 1. The van der Waals surface area contributed by atoms with Gasteiger partial charge in [-0.1, -0.05) is 54.6 Å². The molecule has 6 aromatic rings. The molecule has 9 heteroatoms. The quantitative estimate of drug-likeness (QED) is 0.175. The minimum atomic E-state index is 0.0721. The molecule has 0 aliphatic heterocycles. The number of hydrazone groups is 2. The Morgan fingerprint density at radius 2 is 1.15 bits per heavy atom.